The van der Waals surface area contributed by atoms with Gasteiger partial charge in [0.25, 0.3) is 0 Å². The van der Waals surface area contributed by atoms with Gasteiger partial charge in [0, 0.05) is 20.0 Å². The van der Waals surface area contributed by atoms with E-state index in [9.17, 15) is 0 Å². The van der Waals surface area contributed by atoms with Crippen molar-refractivity contribution in [3.8, 4) is 0 Å². The highest BCUT2D eigenvalue weighted by molar-refractivity contribution is 4.53. The molecule has 1 aliphatic heterocycles. The van der Waals surface area contributed by atoms with Crippen LogP contribution >= 0.6 is 0 Å². The van der Waals surface area contributed by atoms with Crippen molar-refractivity contribution in [1.82, 2.24) is 21.3 Å². The van der Waals surface area contributed by atoms with E-state index >= 15 is 0 Å². The third kappa shape index (κ3) is 5.49. The predicted octanol–water partition coefficient (Wildman–Crippen LogP) is -0.599. The number of hydrogen-bond donors (Lipinski definition) is 4. The van der Waals surface area contributed by atoms with Gasteiger partial charge in [-0.05, 0) is 25.9 Å². The number of nitrogens with one attached hydrogen (secondary N) is 4. The molecule has 1 fully saturated rings. The lowest BCUT2D eigenvalue weighted by Gasteiger charge is -2.11. The van der Waals surface area contributed by atoms with Gasteiger partial charge >= 0.3 is 0 Å². The van der Waals surface area contributed by atoms with Gasteiger partial charge in [0.15, 0.2) is 0 Å². The van der Waals surface area contributed by atoms with E-state index in [-0.39, 0.29) is 0 Å². The Balaban J connectivity index is 2.00. The van der Waals surface area contributed by atoms with E-state index in [1.165, 1.54) is 19.3 Å². The molecule has 0 aliphatic carbocycles. The van der Waals surface area contributed by atoms with Crippen LogP contribution in [0.3, 0.4) is 0 Å². The normalized spacial score (nSPS) is 24.0. The van der Waals surface area contributed by atoms with Gasteiger partial charge in [-0.1, -0.05) is 6.42 Å². The Morgan fingerprint density at radius 3 is 1.58 bits per heavy atom. The molecule has 0 atom stereocenters. The summed E-state index contributed by atoms with van der Waals surface area (Å²) in [6.45, 7) is 4.96. The van der Waals surface area contributed by atoms with Crippen molar-refractivity contribution in [1.29, 1.82) is 0 Å². The zero-order valence-electron chi connectivity index (χ0n) is 7.66. The molecule has 0 aromatic heterocycles. The first-order valence-corrected chi connectivity index (χ1v) is 4.83. The maximum atomic E-state index is 3.33. The van der Waals surface area contributed by atoms with Crippen molar-refractivity contribution in [3.05, 3.63) is 0 Å². The number of hydrogen-bond acceptors (Lipinski definition) is 4. The zero-order chi connectivity index (χ0) is 8.49. The second-order valence-corrected chi connectivity index (χ2v) is 3.09. The Kier molecular flexibility index (Phi) is 6.19. The van der Waals surface area contributed by atoms with Crippen molar-refractivity contribution in [2.75, 3.05) is 33.1 Å². The third-order valence-electron chi connectivity index (χ3n) is 1.96. The van der Waals surface area contributed by atoms with Crippen LogP contribution in [0.1, 0.15) is 19.3 Å². The Bertz CT molecular complexity index is 54.0. The van der Waals surface area contributed by atoms with Crippen LogP contribution < -0.4 is 21.3 Å². The maximum Gasteiger partial charge on any atom is 0.0474 e. The third-order valence-corrected chi connectivity index (χ3v) is 1.96. The molecule has 4 nitrogen and oxygen atoms in total. The Morgan fingerprint density at radius 1 is 0.500 bits per heavy atom. The molecule has 12 heavy (non-hydrogen) atoms. The van der Waals surface area contributed by atoms with Gasteiger partial charge in [0.2, 0.25) is 0 Å². The van der Waals surface area contributed by atoms with E-state index in [2.05, 4.69) is 21.3 Å². The van der Waals surface area contributed by atoms with E-state index in [1.54, 1.807) is 0 Å². The molecule has 0 aromatic carbocycles. The Hall–Kier alpha value is -0.160. The zero-order valence-corrected chi connectivity index (χ0v) is 7.66. The van der Waals surface area contributed by atoms with Gasteiger partial charge in [-0.25, -0.2) is 0 Å². The van der Waals surface area contributed by atoms with Gasteiger partial charge in [-0.3, -0.25) is 10.6 Å². The van der Waals surface area contributed by atoms with Crippen LogP contribution in [0.4, 0.5) is 0 Å². The lowest BCUT2D eigenvalue weighted by atomic mass is 10.2. The van der Waals surface area contributed by atoms with Gasteiger partial charge in [-0.15, -0.1) is 0 Å². The highest BCUT2D eigenvalue weighted by atomic mass is 15.2. The molecule has 4 N–H and O–H groups in total. The second-order valence-electron chi connectivity index (χ2n) is 3.09. The summed E-state index contributed by atoms with van der Waals surface area (Å²) in [4.78, 5) is 0. The molecule has 1 aliphatic rings. The molecule has 1 heterocycles. The molecule has 1 rings (SSSR count). The van der Waals surface area contributed by atoms with E-state index in [0.717, 1.165) is 33.1 Å². The molecule has 1 saturated heterocycles. The SMILES string of the molecule is C1CCNCNCNCNCC1. The van der Waals surface area contributed by atoms with Crippen LogP contribution in [-0.2, 0) is 0 Å². The molecule has 0 bridgehead atoms. The van der Waals surface area contributed by atoms with Crippen molar-refractivity contribution in [2.45, 2.75) is 19.3 Å². The average Bonchev–Trinajstić information content (AvgIpc) is 2.05. The van der Waals surface area contributed by atoms with Gasteiger partial charge in [-0.2, -0.15) is 0 Å². The fourth-order valence-corrected chi connectivity index (χ4v) is 1.24. The van der Waals surface area contributed by atoms with Crippen molar-refractivity contribution in [2.24, 2.45) is 0 Å². The van der Waals surface area contributed by atoms with E-state index in [1.807, 2.05) is 0 Å². The minimum atomic E-state index is 0.875. The lowest BCUT2D eigenvalue weighted by molar-refractivity contribution is 0.475. The van der Waals surface area contributed by atoms with Crippen LogP contribution in [-0.4, -0.2) is 33.1 Å². The topological polar surface area (TPSA) is 48.1 Å². The molecule has 4 heteroatoms. The fraction of sp³-hybridized carbons (Fsp3) is 1.00. The summed E-state index contributed by atoms with van der Waals surface area (Å²) >= 11 is 0. The van der Waals surface area contributed by atoms with Crippen LogP contribution in [0, 0.1) is 0 Å². The number of rotatable bonds is 0. The average molecular weight is 172 g/mol. The predicted molar refractivity (Wildman–Crippen MR) is 50.7 cm³/mol. The second kappa shape index (κ2) is 7.49. The first kappa shape index (κ1) is 9.92. The monoisotopic (exact) mass is 172 g/mol. The minimum absolute atomic E-state index is 0.875. The van der Waals surface area contributed by atoms with E-state index in [4.69, 9.17) is 0 Å². The summed E-state index contributed by atoms with van der Waals surface area (Å²) in [7, 11) is 0. The smallest absolute Gasteiger partial charge is 0.0474 e. The van der Waals surface area contributed by atoms with Crippen LogP contribution in [0.5, 0.6) is 0 Å². The molecular weight excluding hydrogens is 152 g/mol. The summed E-state index contributed by atoms with van der Waals surface area (Å²) in [6, 6.07) is 0. The summed E-state index contributed by atoms with van der Waals surface area (Å²) in [5, 5.41) is 13.1. The molecule has 0 amide bonds. The molecule has 0 radical (unpaired) electrons. The standard InChI is InChI=1S/C8H20N4/c1-2-4-9-6-11-8-12-7-10-5-3-1/h9-12H,1-8H2. The van der Waals surface area contributed by atoms with Crippen LogP contribution in [0.2, 0.25) is 0 Å². The van der Waals surface area contributed by atoms with Crippen LogP contribution in [0.25, 0.3) is 0 Å². The Morgan fingerprint density at radius 2 is 1.00 bits per heavy atom. The lowest BCUT2D eigenvalue weighted by Crippen LogP contribution is -2.40. The molecule has 0 saturated carbocycles. The quantitative estimate of drug-likeness (QED) is 0.394. The molecular formula is C8H20N4. The van der Waals surface area contributed by atoms with Gasteiger partial charge in [0.05, 0.1) is 0 Å². The highest BCUT2D eigenvalue weighted by Crippen LogP contribution is 1.91. The summed E-state index contributed by atoms with van der Waals surface area (Å²) < 4.78 is 0. The van der Waals surface area contributed by atoms with Crippen molar-refractivity contribution >= 4 is 0 Å². The fourth-order valence-electron chi connectivity index (χ4n) is 1.24. The maximum absolute atomic E-state index is 3.33. The van der Waals surface area contributed by atoms with Gasteiger partial charge < -0.3 is 10.6 Å². The highest BCUT2D eigenvalue weighted by Gasteiger charge is 1.92. The van der Waals surface area contributed by atoms with Crippen molar-refractivity contribution < 1.29 is 0 Å². The molecule has 72 valence electrons. The van der Waals surface area contributed by atoms with Gasteiger partial charge in [0.1, 0.15) is 0 Å². The van der Waals surface area contributed by atoms with E-state index < -0.39 is 0 Å². The summed E-state index contributed by atoms with van der Waals surface area (Å²) in [5.41, 5.74) is 0. The largest absolute Gasteiger partial charge is 0.304 e. The molecule has 0 spiro atoms. The molecule has 0 aromatic rings. The minimum Gasteiger partial charge on any atom is -0.304 e. The van der Waals surface area contributed by atoms with Crippen molar-refractivity contribution in [3.63, 3.8) is 0 Å². The van der Waals surface area contributed by atoms with Crippen LogP contribution in [0.15, 0.2) is 0 Å². The first-order valence-electron chi connectivity index (χ1n) is 4.83. The molecule has 0 unspecified atom stereocenters. The first-order chi connectivity index (χ1) is 6.00. The summed E-state index contributed by atoms with van der Waals surface area (Å²) in [5.74, 6) is 0. The Labute approximate surface area is 74.5 Å². The van der Waals surface area contributed by atoms with E-state index in [0.29, 0.717) is 0 Å². The summed E-state index contributed by atoms with van der Waals surface area (Å²) in [6.07, 6.45) is 3.90.